The Bertz CT molecular complexity index is 2800. The lowest BCUT2D eigenvalue weighted by Crippen LogP contribution is -2.74. The van der Waals surface area contributed by atoms with E-state index >= 15 is 0 Å². The Morgan fingerprint density at radius 3 is 1.68 bits per heavy atom. The molecule has 2 atom stereocenters. The van der Waals surface area contributed by atoms with Gasteiger partial charge in [-0.25, -0.2) is 0 Å². The summed E-state index contributed by atoms with van der Waals surface area (Å²) in [4.78, 5) is 14.8. The first-order valence-corrected chi connectivity index (χ1v) is 21.6. The van der Waals surface area contributed by atoms with Crippen LogP contribution < -0.4 is 30.5 Å². The molecular formula is C52H38N4Si. The molecular weight excluding hydrogens is 709 g/mol. The number of aromatic nitrogens is 2. The molecule has 0 N–H and O–H groups in total. The number of hydrogen-bond acceptors (Lipinski definition) is 4. The maximum absolute atomic E-state index is 4.83. The van der Waals surface area contributed by atoms with Gasteiger partial charge in [-0.3, -0.25) is 9.97 Å². The number of hydrogen-bond donors (Lipinski definition) is 0. The molecule has 0 bridgehead atoms. The van der Waals surface area contributed by atoms with Crippen LogP contribution in [0.5, 0.6) is 0 Å². The second-order valence-electron chi connectivity index (χ2n) is 14.9. The van der Waals surface area contributed by atoms with Gasteiger partial charge in [0.1, 0.15) is 0 Å². The second-order valence-corrected chi connectivity index (χ2v) is 18.8. The van der Waals surface area contributed by atoms with Crippen LogP contribution in [0.4, 0.5) is 22.7 Å². The summed E-state index contributed by atoms with van der Waals surface area (Å²) in [5.74, 6) is 0. The molecule has 4 nitrogen and oxygen atoms in total. The molecule has 2 unspecified atom stereocenters. The first-order chi connectivity index (χ1) is 28.3. The molecule has 11 rings (SSSR count). The zero-order valence-corrected chi connectivity index (χ0v) is 32.2. The van der Waals surface area contributed by atoms with E-state index in [1.165, 1.54) is 59.6 Å². The van der Waals surface area contributed by atoms with Crippen LogP contribution in [0.2, 0.25) is 0 Å². The number of pyridine rings is 2. The van der Waals surface area contributed by atoms with Gasteiger partial charge in [0.15, 0.2) is 8.07 Å². The molecule has 2 aliphatic rings. The van der Waals surface area contributed by atoms with Crippen LogP contribution >= 0.6 is 0 Å². The van der Waals surface area contributed by atoms with E-state index in [1.807, 2.05) is 12.4 Å². The Hall–Kier alpha value is -7.08. The zero-order chi connectivity index (χ0) is 37.8. The number of fused-ring (bicyclic) bond motifs is 8. The van der Waals surface area contributed by atoms with Crippen LogP contribution in [0.25, 0.3) is 21.9 Å². The van der Waals surface area contributed by atoms with Crippen molar-refractivity contribution >= 4 is 62.3 Å². The van der Waals surface area contributed by atoms with Gasteiger partial charge in [0, 0.05) is 52.7 Å². The summed E-state index contributed by atoms with van der Waals surface area (Å²) in [5, 5.41) is 7.82. The Morgan fingerprint density at radius 2 is 0.947 bits per heavy atom. The average Bonchev–Trinajstić information content (AvgIpc) is 3.56. The van der Waals surface area contributed by atoms with E-state index in [2.05, 4.69) is 216 Å². The van der Waals surface area contributed by atoms with Crippen molar-refractivity contribution in [3.63, 3.8) is 0 Å². The summed E-state index contributed by atoms with van der Waals surface area (Å²) >= 11 is 0. The number of nitrogens with zero attached hydrogens (tertiary/aromatic N) is 4. The highest BCUT2D eigenvalue weighted by molar-refractivity contribution is 7.19. The summed E-state index contributed by atoms with van der Waals surface area (Å²) in [6, 6.07) is 71.5. The highest BCUT2D eigenvalue weighted by Crippen LogP contribution is 2.60. The Labute approximate surface area is 334 Å². The maximum Gasteiger partial charge on any atom is 0.179 e. The van der Waals surface area contributed by atoms with Crippen molar-refractivity contribution < 1.29 is 0 Å². The van der Waals surface area contributed by atoms with E-state index in [0.717, 1.165) is 16.9 Å². The fourth-order valence-corrected chi connectivity index (χ4v) is 14.6. The Balaban J connectivity index is 1.21. The molecule has 7 aromatic carbocycles. The van der Waals surface area contributed by atoms with Crippen LogP contribution in [-0.4, -0.2) is 18.0 Å². The third kappa shape index (κ3) is 5.13. The third-order valence-corrected chi connectivity index (χ3v) is 16.9. The first kappa shape index (κ1) is 33.3. The van der Waals surface area contributed by atoms with Crippen molar-refractivity contribution in [1.29, 1.82) is 0 Å². The Kier molecular flexibility index (Phi) is 7.93. The molecule has 2 aromatic heterocycles. The van der Waals surface area contributed by atoms with Gasteiger partial charge in [-0.1, -0.05) is 164 Å². The predicted octanol–water partition coefficient (Wildman–Crippen LogP) is 9.76. The van der Waals surface area contributed by atoms with Gasteiger partial charge in [0.05, 0.1) is 23.5 Å². The van der Waals surface area contributed by atoms with Gasteiger partial charge in [-0.05, 0) is 67.6 Å². The average molecular weight is 747 g/mol. The quantitative estimate of drug-likeness (QED) is 0.125. The van der Waals surface area contributed by atoms with Crippen molar-refractivity contribution in [1.82, 2.24) is 9.97 Å². The van der Waals surface area contributed by atoms with Crippen molar-refractivity contribution in [2.45, 2.75) is 12.1 Å². The molecule has 0 amide bonds. The molecule has 0 saturated carbocycles. The minimum atomic E-state index is -2.83. The predicted molar refractivity (Wildman–Crippen MR) is 238 cm³/mol. The van der Waals surface area contributed by atoms with Gasteiger partial charge in [0.2, 0.25) is 0 Å². The van der Waals surface area contributed by atoms with Gasteiger partial charge in [0.25, 0.3) is 0 Å². The van der Waals surface area contributed by atoms with E-state index in [1.54, 1.807) is 0 Å². The topological polar surface area (TPSA) is 32.3 Å². The standard InChI is InChI=1S/C52H38N4Si/c1-4-19-39(20-5-1)57(40-21-6-2-7-22-40,41-23-8-3-9-24-41)42-25-15-18-38(34-42)55-49-30-32-53-35-46(49)44-27-12-13-28-45(44)51-52(55)47-36-54-33-31-50(47)56(51)48-29-14-17-37-16-10-11-26-43(37)48/h1-36,51-52H. The van der Waals surface area contributed by atoms with Gasteiger partial charge in [-0.2, -0.15) is 0 Å². The molecule has 5 heteroatoms. The minimum absolute atomic E-state index is 0.0818. The maximum atomic E-state index is 4.83. The van der Waals surface area contributed by atoms with Crippen LogP contribution in [0, 0.1) is 0 Å². The number of rotatable bonds is 6. The monoisotopic (exact) mass is 746 g/mol. The van der Waals surface area contributed by atoms with E-state index in [9.17, 15) is 0 Å². The molecule has 0 spiro atoms. The summed E-state index contributed by atoms with van der Waals surface area (Å²) in [5.41, 5.74) is 9.39. The van der Waals surface area contributed by atoms with Crippen LogP contribution in [-0.2, 0) is 0 Å². The van der Waals surface area contributed by atoms with Crippen molar-refractivity contribution in [3.05, 3.63) is 230 Å². The molecule has 0 saturated heterocycles. The molecule has 0 aliphatic carbocycles. The van der Waals surface area contributed by atoms with Crippen LogP contribution in [0.3, 0.4) is 0 Å². The van der Waals surface area contributed by atoms with Crippen molar-refractivity contribution in [2.24, 2.45) is 0 Å². The number of anilines is 4. The normalized spacial score (nSPS) is 15.6. The fraction of sp³-hybridized carbons (Fsp3) is 0.0385. The molecule has 0 radical (unpaired) electrons. The number of benzene rings is 7. The third-order valence-electron chi connectivity index (χ3n) is 12.1. The molecule has 4 heterocycles. The SMILES string of the molecule is c1ccc([Si](c2ccccc2)(c2ccccc2)c2cccc(N3c4ccncc4-c4ccccc4C4C3c3cnccc3N4c3cccc4ccccc34)c2)cc1. The second kappa shape index (κ2) is 13.6. The molecule has 270 valence electrons. The van der Waals surface area contributed by atoms with Gasteiger partial charge >= 0.3 is 0 Å². The van der Waals surface area contributed by atoms with Gasteiger partial charge < -0.3 is 9.80 Å². The molecule has 2 aliphatic heterocycles. The van der Waals surface area contributed by atoms with Crippen LogP contribution in [0.1, 0.15) is 23.2 Å². The van der Waals surface area contributed by atoms with Crippen LogP contribution in [0.15, 0.2) is 219 Å². The lowest BCUT2D eigenvalue weighted by molar-refractivity contribution is 0.594. The fourth-order valence-electron chi connectivity index (χ4n) is 9.80. The zero-order valence-electron chi connectivity index (χ0n) is 31.2. The molecule has 0 fully saturated rings. The highest BCUT2D eigenvalue weighted by Gasteiger charge is 2.48. The van der Waals surface area contributed by atoms with E-state index in [4.69, 9.17) is 9.97 Å². The lowest BCUT2D eigenvalue weighted by Gasteiger charge is -2.38. The van der Waals surface area contributed by atoms with Crippen molar-refractivity contribution in [2.75, 3.05) is 9.80 Å². The summed E-state index contributed by atoms with van der Waals surface area (Å²) in [7, 11) is -2.83. The summed E-state index contributed by atoms with van der Waals surface area (Å²) in [6.45, 7) is 0. The van der Waals surface area contributed by atoms with E-state index in [0.29, 0.717) is 0 Å². The van der Waals surface area contributed by atoms with E-state index in [-0.39, 0.29) is 12.1 Å². The molecule has 9 aromatic rings. The Morgan fingerprint density at radius 1 is 0.386 bits per heavy atom. The van der Waals surface area contributed by atoms with E-state index < -0.39 is 8.07 Å². The molecule has 57 heavy (non-hydrogen) atoms. The lowest BCUT2D eigenvalue weighted by atomic mass is 9.92. The van der Waals surface area contributed by atoms with Gasteiger partial charge in [-0.15, -0.1) is 0 Å². The largest absolute Gasteiger partial charge is 0.331 e. The smallest absolute Gasteiger partial charge is 0.179 e. The summed E-state index contributed by atoms with van der Waals surface area (Å²) in [6.07, 6.45) is 8.03. The van der Waals surface area contributed by atoms with Crippen molar-refractivity contribution in [3.8, 4) is 11.1 Å². The summed E-state index contributed by atoms with van der Waals surface area (Å²) < 4.78 is 0. The highest BCUT2D eigenvalue weighted by atomic mass is 28.3. The minimum Gasteiger partial charge on any atom is -0.331 e. The first-order valence-electron chi connectivity index (χ1n) is 19.6.